The van der Waals surface area contributed by atoms with Crippen molar-refractivity contribution in [2.45, 2.75) is 0 Å². The minimum atomic E-state index is -0.692. The molecule has 26 heavy (non-hydrogen) atoms. The second-order valence-electron chi connectivity index (χ2n) is 4.54. The summed E-state index contributed by atoms with van der Waals surface area (Å²) < 4.78 is 10.9. The smallest absolute Gasteiger partial charge is 0.400 e. The molecule has 3 heterocycles. The third-order valence-corrected chi connectivity index (χ3v) is 2.84. The molecule has 0 aliphatic rings. The zero-order valence-corrected chi connectivity index (χ0v) is 12.6. The molecule has 0 amide bonds. The number of anilines is 1. The van der Waals surface area contributed by atoms with Crippen LogP contribution in [-0.2, 0) is 0 Å². The SMILES string of the molecule is Nc1nnc(/N=C/c2ccc([N+](=O)[O-])o2)n1/N=C/c1ccc([N+](=O)[O-])o1. The molecule has 14 heteroatoms. The second-order valence-corrected chi connectivity index (χ2v) is 4.54. The Morgan fingerprint density at radius 3 is 2.12 bits per heavy atom. The number of hydrogen-bond donors (Lipinski definition) is 1. The van der Waals surface area contributed by atoms with Crippen molar-refractivity contribution in [3.63, 3.8) is 0 Å². The average molecular weight is 360 g/mol. The Kier molecular flexibility index (Phi) is 4.21. The number of furan rings is 2. The zero-order valence-electron chi connectivity index (χ0n) is 12.6. The van der Waals surface area contributed by atoms with E-state index in [1.54, 1.807) is 0 Å². The zero-order chi connectivity index (χ0) is 18.7. The van der Waals surface area contributed by atoms with Gasteiger partial charge >= 0.3 is 11.8 Å². The Labute approximate surface area is 142 Å². The number of hydrogen-bond acceptors (Lipinski definition) is 11. The first-order chi connectivity index (χ1) is 12.4. The Morgan fingerprint density at radius 2 is 1.58 bits per heavy atom. The summed E-state index contributed by atoms with van der Waals surface area (Å²) in [5.74, 6) is -0.846. The highest BCUT2D eigenvalue weighted by Gasteiger charge is 2.13. The normalized spacial score (nSPS) is 11.5. The fourth-order valence-corrected chi connectivity index (χ4v) is 1.73. The van der Waals surface area contributed by atoms with Crippen LogP contribution in [0.25, 0.3) is 0 Å². The summed E-state index contributed by atoms with van der Waals surface area (Å²) in [5.41, 5.74) is 5.62. The van der Waals surface area contributed by atoms with Crippen LogP contribution >= 0.6 is 0 Å². The molecule has 0 aromatic carbocycles. The van der Waals surface area contributed by atoms with Crippen LogP contribution in [0, 0.1) is 20.2 Å². The largest absolute Gasteiger partial charge is 0.433 e. The fraction of sp³-hybridized carbons (Fsp3) is 0. The molecule has 0 aliphatic heterocycles. The predicted octanol–water partition coefficient (Wildman–Crippen LogP) is 1.50. The van der Waals surface area contributed by atoms with E-state index in [-0.39, 0.29) is 23.4 Å². The van der Waals surface area contributed by atoms with E-state index in [1.165, 1.54) is 30.5 Å². The molecule has 0 saturated carbocycles. The van der Waals surface area contributed by atoms with Crippen LogP contribution in [0.4, 0.5) is 23.7 Å². The van der Waals surface area contributed by atoms with Crippen LogP contribution in [0.5, 0.6) is 0 Å². The van der Waals surface area contributed by atoms with E-state index in [2.05, 4.69) is 20.3 Å². The lowest BCUT2D eigenvalue weighted by molar-refractivity contribution is -0.402. The van der Waals surface area contributed by atoms with E-state index in [1.807, 2.05) is 0 Å². The number of nitrogens with two attached hydrogens (primary N) is 1. The number of rotatable bonds is 6. The molecule has 3 rings (SSSR count). The summed E-state index contributed by atoms with van der Waals surface area (Å²) in [6, 6.07) is 5.02. The van der Waals surface area contributed by atoms with Crippen molar-refractivity contribution in [3.05, 3.63) is 56.0 Å². The molecule has 3 aromatic rings. The Morgan fingerprint density at radius 1 is 1.00 bits per heavy atom. The number of nitrogen functional groups attached to an aromatic ring is 1. The van der Waals surface area contributed by atoms with Gasteiger partial charge in [0.25, 0.3) is 5.95 Å². The van der Waals surface area contributed by atoms with E-state index in [0.717, 1.165) is 10.9 Å². The molecule has 0 spiro atoms. The van der Waals surface area contributed by atoms with Gasteiger partial charge in [-0.3, -0.25) is 20.2 Å². The minimum Gasteiger partial charge on any atom is -0.400 e. The van der Waals surface area contributed by atoms with E-state index in [4.69, 9.17) is 14.6 Å². The number of nitro groups is 2. The van der Waals surface area contributed by atoms with E-state index in [9.17, 15) is 20.2 Å². The maximum atomic E-state index is 10.6. The van der Waals surface area contributed by atoms with Crippen molar-refractivity contribution >= 4 is 36.1 Å². The molecular weight excluding hydrogens is 352 g/mol. The van der Waals surface area contributed by atoms with Gasteiger partial charge in [0.1, 0.15) is 9.85 Å². The number of aromatic nitrogens is 3. The topological polar surface area (TPSA) is 194 Å². The molecular formula is C12H8N8O6. The van der Waals surface area contributed by atoms with Crippen molar-refractivity contribution < 1.29 is 18.7 Å². The highest BCUT2D eigenvalue weighted by atomic mass is 16.7. The van der Waals surface area contributed by atoms with Gasteiger partial charge in [-0.25, -0.2) is 4.99 Å². The minimum absolute atomic E-state index is 0.0566. The van der Waals surface area contributed by atoms with Gasteiger partial charge in [-0.2, -0.15) is 9.78 Å². The monoisotopic (exact) mass is 360 g/mol. The Hall–Kier alpha value is -4.36. The summed E-state index contributed by atoms with van der Waals surface area (Å²) in [6.45, 7) is 0. The van der Waals surface area contributed by atoms with Crippen molar-refractivity contribution in [1.29, 1.82) is 0 Å². The van der Waals surface area contributed by atoms with Gasteiger partial charge in [0.05, 0.1) is 24.6 Å². The first-order valence-corrected chi connectivity index (χ1v) is 6.72. The van der Waals surface area contributed by atoms with E-state index < -0.39 is 21.6 Å². The number of nitrogens with zero attached hydrogens (tertiary/aromatic N) is 7. The molecule has 14 nitrogen and oxygen atoms in total. The molecule has 3 aromatic heterocycles. The summed E-state index contributed by atoms with van der Waals surface area (Å²) >= 11 is 0. The lowest BCUT2D eigenvalue weighted by atomic mass is 10.5. The van der Waals surface area contributed by atoms with Crippen molar-refractivity contribution in [2.24, 2.45) is 10.1 Å². The standard InChI is InChI=1S/C12H8N8O6/c13-11-16-17-12(14-5-7-1-3-9(25-7)19(21)22)18(11)15-6-8-2-4-10(26-8)20(23)24/h1-6H,(H2,13,16)/b14-5+,15-6+. The van der Waals surface area contributed by atoms with Gasteiger partial charge in [0, 0.05) is 0 Å². The average Bonchev–Trinajstić information content (AvgIpc) is 3.31. The second kappa shape index (κ2) is 6.63. The molecule has 0 unspecified atom stereocenters. The van der Waals surface area contributed by atoms with Gasteiger partial charge in [-0.1, -0.05) is 0 Å². The quantitative estimate of drug-likeness (QED) is 0.385. The molecule has 2 N–H and O–H groups in total. The van der Waals surface area contributed by atoms with Crippen molar-refractivity contribution in [3.8, 4) is 0 Å². The van der Waals surface area contributed by atoms with E-state index >= 15 is 0 Å². The molecule has 0 atom stereocenters. The third-order valence-electron chi connectivity index (χ3n) is 2.84. The van der Waals surface area contributed by atoms with Gasteiger partial charge in [-0.05, 0) is 12.1 Å². The lowest BCUT2D eigenvalue weighted by Gasteiger charge is -1.95. The van der Waals surface area contributed by atoms with Crippen LogP contribution in [0.1, 0.15) is 11.5 Å². The summed E-state index contributed by atoms with van der Waals surface area (Å²) in [7, 11) is 0. The number of aliphatic imine (C=N–C) groups is 1. The Bertz CT molecular complexity index is 1030. The van der Waals surface area contributed by atoms with Gasteiger partial charge < -0.3 is 14.6 Å². The molecule has 132 valence electrons. The molecule has 0 bridgehead atoms. The maximum absolute atomic E-state index is 10.6. The lowest BCUT2D eigenvalue weighted by Crippen LogP contribution is -1.97. The molecule has 0 fully saturated rings. The first kappa shape index (κ1) is 16.5. The van der Waals surface area contributed by atoms with Crippen molar-refractivity contribution in [2.75, 3.05) is 5.73 Å². The van der Waals surface area contributed by atoms with E-state index in [0.29, 0.717) is 0 Å². The van der Waals surface area contributed by atoms with Crippen LogP contribution in [0.15, 0.2) is 43.2 Å². The summed E-state index contributed by atoms with van der Waals surface area (Å²) in [6.07, 6.45) is 2.32. The Balaban J connectivity index is 1.81. The fourth-order valence-electron chi connectivity index (χ4n) is 1.73. The molecule has 0 radical (unpaired) electrons. The predicted molar refractivity (Wildman–Crippen MR) is 85.4 cm³/mol. The first-order valence-electron chi connectivity index (χ1n) is 6.72. The van der Waals surface area contributed by atoms with Gasteiger partial charge in [0.2, 0.25) is 5.95 Å². The molecule has 0 saturated heterocycles. The maximum Gasteiger partial charge on any atom is 0.433 e. The highest BCUT2D eigenvalue weighted by molar-refractivity contribution is 5.79. The molecule has 0 aliphatic carbocycles. The highest BCUT2D eigenvalue weighted by Crippen LogP contribution is 2.17. The third kappa shape index (κ3) is 3.42. The summed E-state index contributed by atoms with van der Waals surface area (Å²) in [4.78, 5) is 23.7. The van der Waals surface area contributed by atoms with Gasteiger partial charge in [-0.15, -0.1) is 10.2 Å². The van der Waals surface area contributed by atoms with Crippen molar-refractivity contribution in [1.82, 2.24) is 14.9 Å². The van der Waals surface area contributed by atoms with Crippen LogP contribution in [0.3, 0.4) is 0 Å². The van der Waals surface area contributed by atoms with Gasteiger partial charge in [0.15, 0.2) is 11.5 Å². The van der Waals surface area contributed by atoms with Crippen LogP contribution in [0.2, 0.25) is 0 Å². The van der Waals surface area contributed by atoms with Crippen LogP contribution in [-0.4, -0.2) is 37.1 Å². The van der Waals surface area contributed by atoms with Crippen LogP contribution < -0.4 is 5.73 Å². The summed E-state index contributed by atoms with van der Waals surface area (Å²) in [5, 5.41) is 32.3.